The molecule has 0 aliphatic rings. The van der Waals surface area contributed by atoms with Crippen molar-refractivity contribution in [2.24, 2.45) is 0 Å². The Kier molecular flexibility index (Phi) is 6.00. The van der Waals surface area contributed by atoms with Gasteiger partial charge in [0.05, 0.1) is 12.8 Å². The van der Waals surface area contributed by atoms with E-state index in [0.29, 0.717) is 11.1 Å². The fourth-order valence-electron chi connectivity index (χ4n) is 2.01. The molecule has 0 radical (unpaired) electrons. The fraction of sp³-hybridized carbons (Fsp3) is 0.111. The van der Waals surface area contributed by atoms with Crippen LogP contribution in [0.2, 0.25) is 0 Å². The van der Waals surface area contributed by atoms with E-state index in [-0.39, 0.29) is 5.91 Å². The molecular weight excluding hydrogens is 310 g/mol. The van der Waals surface area contributed by atoms with Gasteiger partial charge >= 0.3 is 5.97 Å². The summed E-state index contributed by atoms with van der Waals surface area (Å²) >= 11 is 1.56. The standard InChI is InChI=1S/C18H17NO3S/c1-22-17(20)12-11-13-7-3-4-8-14(13)18(21)19-15-9-5-6-10-16(15)23-2/h3-12H,1-2H3,(H,19,21)/b12-11+. The number of ether oxygens (including phenoxy) is 1. The highest BCUT2D eigenvalue weighted by Crippen LogP contribution is 2.25. The van der Waals surface area contributed by atoms with Crippen molar-refractivity contribution in [2.45, 2.75) is 4.90 Å². The molecule has 0 aliphatic carbocycles. The van der Waals surface area contributed by atoms with Crippen molar-refractivity contribution in [1.29, 1.82) is 0 Å². The number of para-hydroxylation sites is 1. The van der Waals surface area contributed by atoms with Crippen LogP contribution in [0.25, 0.3) is 6.08 Å². The minimum Gasteiger partial charge on any atom is -0.466 e. The minimum atomic E-state index is -0.465. The lowest BCUT2D eigenvalue weighted by Gasteiger charge is -2.10. The van der Waals surface area contributed by atoms with Gasteiger partial charge in [0, 0.05) is 16.5 Å². The van der Waals surface area contributed by atoms with Crippen molar-refractivity contribution in [1.82, 2.24) is 0 Å². The molecule has 0 aliphatic heterocycles. The smallest absolute Gasteiger partial charge is 0.330 e. The molecule has 0 aromatic heterocycles. The third kappa shape index (κ3) is 4.47. The number of carbonyl (C=O) groups excluding carboxylic acids is 2. The highest BCUT2D eigenvalue weighted by atomic mass is 32.2. The number of hydrogen-bond acceptors (Lipinski definition) is 4. The average molecular weight is 327 g/mol. The van der Waals surface area contributed by atoms with Crippen molar-refractivity contribution in [3.05, 3.63) is 65.7 Å². The van der Waals surface area contributed by atoms with Gasteiger partial charge in [0.2, 0.25) is 0 Å². The lowest BCUT2D eigenvalue weighted by molar-refractivity contribution is -0.134. The zero-order valence-electron chi connectivity index (χ0n) is 12.9. The summed E-state index contributed by atoms with van der Waals surface area (Å²) in [5, 5.41) is 2.91. The minimum absolute atomic E-state index is 0.225. The van der Waals surface area contributed by atoms with E-state index < -0.39 is 5.97 Å². The number of hydrogen-bond donors (Lipinski definition) is 1. The second-order valence-corrected chi connectivity index (χ2v) is 5.45. The van der Waals surface area contributed by atoms with Gasteiger partial charge in [-0.05, 0) is 36.1 Å². The molecule has 0 fully saturated rings. The first-order valence-corrected chi connectivity index (χ1v) is 8.17. The Morgan fingerprint density at radius 1 is 1.09 bits per heavy atom. The van der Waals surface area contributed by atoms with E-state index >= 15 is 0 Å². The Bertz CT molecular complexity index is 741. The largest absolute Gasteiger partial charge is 0.466 e. The molecule has 0 unspecified atom stereocenters. The Morgan fingerprint density at radius 3 is 2.52 bits per heavy atom. The SMILES string of the molecule is COC(=O)/C=C/c1ccccc1C(=O)Nc1ccccc1SC. The number of methoxy groups -OCH3 is 1. The van der Waals surface area contributed by atoms with E-state index in [2.05, 4.69) is 10.1 Å². The molecule has 0 saturated carbocycles. The number of nitrogens with one attached hydrogen (secondary N) is 1. The molecule has 2 aromatic rings. The predicted octanol–water partition coefficient (Wildman–Crippen LogP) is 3.85. The number of amides is 1. The first kappa shape index (κ1) is 16.8. The molecular formula is C18H17NO3S. The second kappa shape index (κ2) is 8.19. The monoisotopic (exact) mass is 327 g/mol. The van der Waals surface area contributed by atoms with Crippen LogP contribution in [0.15, 0.2) is 59.5 Å². The van der Waals surface area contributed by atoms with E-state index in [1.165, 1.54) is 13.2 Å². The summed E-state index contributed by atoms with van der Waals surface area (Å²) in [5.41, 5.74) is 1.90. The molecule has 23 heavy (non-hydrogen) atoms. The maximum atomic E-state index is 12.5. The summed E-state index contributed by atoms with van der Waals surface area (Å²) in [7, 11) is 1.31. The summed E-state index contributed by atoms with van der Waals surface area (Å²) in [6.07, 6.45) is 4.82. The molecule has 1 N–H and O–H groups in total. The summed E-state index contributed by atoms with van der Waals surface area (Å²) < 4.78 is 4.57. The molecule has 4 nitrogen and oxygen atoms in total. The Labute approximate surface area is 139 Å². The number of carbonyl (C=O) groups is 2. The van der Waals surface area contributed by atoms with Crippen LogP contribution in [0.3, 0.4) is 0 Å². The number of benzene rings is 2. The van der Waals surface area contributed by atoms with Gasteiger partial charge in [-0.3, -0.25) is 4.79 Å². The van der Waals surface area contributed by atoms with E-state index in [1.54, 1.807) is 36.0 Å². The van der Waals surface area contributed by atoms with Gasteiger partial charge in [-0.15, -0.1) is 11.8 Å². The predicted molar refractivity (Wildman–Crippen MR) is 93.7 cm³/mol. The maximum Gasteiger partial charge on any atom is 0.330 e. The summed E-state index contributed by atoms with van der Waals surface area (Å²) in [6.45, 7) is 0. The molecule has 0 heterocycles. The lowest BCUT2D eigenvalue weighted by atomic mass is 10.1. The van der Waals surface area contributed by atoms with E-state index in [0.717, 1.165) is 10.6 Å². The van der Waals surface area contributed by atoms with Gasteiger partial charge in [-0.1, -0.05) is 30.3 Å². The number of esters is 1. The second-order valence-electron chi connectivity index (χ2n) is 4.60. The molecule has 118 valence electrons. The highest BCUT2D eigenvalue weighted by molar-refractivity contribution is 7.98. The van der Waals surface area contributed by atoms with Gasteiger partial charge in [0.25, 0.3) is 5.91 Å². The fourth-order valence-corrected chi connectivity index (χ4v) is 2.57. The molecule has 0 saturated heterocycles. The van der Waals surface area contributed by atoms with E-state index in [1.807, 2.05) is 36.6 Å². The Balaban J connectivity index is 2.26. The van der Waals surface area contributed by atoms with Crippen molar-refractivity contribution < 1.29 is 14.3 Å². The Morgan fingerprint density at radius 2 is 1.78 bits per heavy atom. The van der Waals surface area contributed by atoms with E-state index in [9.17, 15) is 9.59 Å². The van der Waals surface area contributed by atoms with Crippen LogP contribution >= 0.6 is 11.8 Å². The van der Waals surface area contributed by atoms with Crippen molar-refractivity contribution in [3.63, 3.8) is 0 Å². The quantitative estimate of drug-likeness (QED) is 0.515. The first-order valence-electron chi connectivity index (χ1n) is 6.95. The third-order valence-electron chi connectivity index (χ3n) is 3.16. The van der Waals surface area contributed by atoms with E-state index in [4.69, 9.17) is 0 Å². The van der Waals surface area contributed by atoms with Crippen LogP contribution in [0.4, 0.5) is 5.69 Å². The summed E-state index contributed by atoms with van der Waals surface area (Å²) in [6, 6.07) is 14.7. The van der Waals surface area contributed by atoms with Crippen molar-refractivity contribution in [3.8, 4) is 0 Å². The van der Waals surface area contributed by atoms with Crippen LogP contribution in [-0.4, -0.2) is 25.2 Å². The van der Waals surface area contributed by atoms with Crippen LogP contribution in [-0.2, 0) is 9.53 Å². The summed E-state index contributed by atoms with van der Waals surface area (Å²) in [4.78, 5) is 24.8. The number of rotatable bonds is 5. The normalized spacial score (nSPS) is 10.5. The highest BCUT2D eigenvalue weighted by Gasteiger charge is 2.11. The van der Waals surface area contributed by atoms with Gasteiger partial charge in [-0.2, -0.15) is 0 Å². The van der Waals surface area contributed by atoms with Crippen LogP contribution in [0.5, 0.6) is 0 Å². The molecule has 0 atom stereocenters. The van der Waals surface area contributed by atoms with Crippen LogP contribution in [0, 0.1) is 0 Å². The van der Waals surface area contributed by atoms with Gasteiger partial charge in [0.15, 0.2) is 0 Å². The zero-order valence-corrected chi connectivity index (χ0v) is 13.7. The third-order valence-corrected chi connectivity index (χ3v) is 3.96. The van der Waals surface area contributed by atoms with Crippen molar-refractivity contribution >= 4 is 35.4 Å². The number of anilines is 1. The average Bonchev–Trinajstić information content (AvgIpc) is 2.60. The van der Waals surface area contributed by atoms with Crippen molar-refractivity contribution in [2.75, 3.05) is 18.7 Å². The van der Waals surface area contributed by atoms with Crippen LogP contribution < -0.4 is 5.32 Å². The molecule has 5 heteroatoms. The van der Waals surface area contributed by atoms with Gasteiger partial charge < -0.3 is 10.1 Å². The Hall–Kier alpha value is -2.53. The first-order chi connectivity index (χ1) is 11.2. The topological polar surface area (TPSA) is 55.4 Å². The molecule has 1 amide bonds. The lowest BCUT2D eigenvalue weighted by Crippen LogP contribution is -2.13. The molecule has 0 bridgehead atoms. The zero-order chi connectivity index (χ0) is 16.7. The molecule has 2 aromatic carbocycles. The number of thioether (sulfide) groups is 1. The summed E-state index contributed by atoms with van der Waals surface area (Å²) in [5.74, 6) is -0.690. The molecule has 0 spiro atoms. The molecule has 2 rings (SSSR count). The van der Waals surface area contributed by atoms with Gasteiger partial charge in [0.1, 0.15) is 0 Å². The van der Waals surface area contributed by atoms with Crippen LogP contribution in [0.1, 0.15) is 15.9 Å². The maximum absolute atomic E-state index is 12.5. The van der Waals surface area contributed by atoms with Gasteiger partial charge in [-0.25, -0.2) is 4.79 Å².